The van der Waals surface area contributed by atoms with Crippen molar-refractivity contribution in [2.75, 3.05) is 17.2 Å². The highest BCUT2D eigenvalue weighted by Gasteiger charge is 2.58. The highest BCUT2D eigenvalue weighted by atomic mass is 16.5. The van der Waals surface area contributed by atoms with E-state index < -0.39 is 0 Å². The van der Waals surface area contributed by atoms with Gasteiger partial charge >= 0.3 is 0 Å². The molecular formula is C56H57N3O3. The van der Waals surface area contributed by atoms with Crippen LogP contribution in [0.25, 0.3) is 0 Å². The Hall–Kier alpha value is -5.88. The number of nitrogen functional groups attached to an aromatic ring is 3. The van der Waals surface area contributed by atoms with Crippen molar-refractivity contribution >= 4 is 17.1 Å². The molecule has 6 nitrogen and oxygen atoms in total. The smallest absolute Gasteiger partial charge is 0.131 e. The molecule has 12 rings (SSSR count). The quantitative estimate of drug-likeness (QED) is 0.119. The third-order valence-corrected chi connectivity index (χ3v) is 16.8. The Morgan fingerprint density at radius 2 is 0.758 bits per heavy atom. The predicted octanol–water partition coefficient (Wildman–Crippen LogP) is 13.7. The zero-order valence-corrected chi connectivity index (χ0v) is 35.3. The maximum absolute atomic E-state index is 6.93. The molecule has 0 saturated heterocycles. The van der Waals surface area contributed by atoms with Crippen LogP contribution in [0, 0.1) is 47.3 Å². The summed E-state index contributed by atoms with van der Waals surface area (Å²) in [5.41, 5.74) is 25.9. The van der Waals surface area contributed by atoms with Crippen LogP contribution in [0.3, 0.4) is 0 Å². The lowest BCUT2D eigenvalue weighted by Gasteiger charge is -2.32. The summed E-state index contributed by atoms with van der Waals surface area (Å²) in [7, 11) is 0. The van der Waals surface area contributed by atoms with E-state index in [0.29, 0.717) is 29.6 Å². The summed E-state index contributed by atoms with van der Waals surface area (Å²) < 4.78 is 19.6. The molecule has 0 aromatic heterocycles. The molecule has 6 heteroatoms. The average Bonchev–Trinajstić information content (AvgIpc) is 4.16. The van der Waals surface area contributed by atoms with Gasteiger partial charge < -0.3 is 31.4 Å². The fourth-order valence-corrected chi connectivity index (χ4v) is 14.3. The summed E-state index contributed by atoms with van der Waals surface area (Å²) >= 11 is 0. The van der Waals surface area contributed by atoms with Crippen LogP contribution in [0.5, 0.6) is 34.5 Å². The number of rotatable bonds is 10. The van der Waals surface area contributed by atoms with Gasteiger partial charge in [0, 0.05) is 17.1 Å². The molecule has 6 fully saturated rings. The van der Waals surface area contributed by atoms with Gasteiger partial charge in [-0.2, -0.15) is 0 Å². The number of nitrogens with two attached hydrogens (primary N) is 3. The molecule has 62 heavy (non-hydrogen) atoms. The first-order valence-corrected chi connectivity index (χ1v) is 23.3. The van der Waals surface area contributed by atoms with E-state index in [0.717, 1.165) is 93.0 Å². The van der Waals surface area contributed by atoms with Crippen molar-refractivity contribution in [1.82, 2.24) is 0 Å². The minimum Gasteiger partial charge on any atom is -0.457 e. The molecule has 0 radical (unpaired) electrons. The molecule has 12 unspecified atom stereocenters. The molecule has 6 aromatic carbocycles. The number of anilines is 3. The van der Waals surface area contributed by atoms with Gasteiger partial charge in [0.2, 0.25) is 0 Å². The number of fused-ring (bicyclic) bond motifs is 10. The van der Waals surface area contributed by atoms with Crippen molar-refractivity contribution in [3.8, 4) is 34.5 Å². The standard InChI is InChI=1S/C56H57N3O3/c57-38-8-16-42(17-9-38)60-41-14-5-32(6-15-41)47-25-36-29-51(47)53-28-35(24-50(36)53)46-22-7-33(31-56(46)62-44-20-12-40(59)13-21-44)48-26-37-30-52(48)54-27-34(23-49(37)54)45-3-1-2-4-55(45)61-43-18-10-39(58)11-19-43/h1-22,31,34-37,47-54H,23-30,57-59H2. The van der Waals surface area contributed by atoms with Crippen LogP contribution < -0.4 is 31.4 Å². The molecule has 6 aliphatic carbocycles. The van der Waals surface area contributed by atoms with Gasteiger partial charge in [-0.05, 0) is 242 Å². The van der Waals surface area contributed by atoms with E-state index >= 15 is 0 Å². The lowest BCUT2D eigenvalue weighted by atomic mass is 9.73. The van der Waals surface area contributed by atoms with E-state index in [1.165, 1.54) is 73.6 Å². The van der Waals surface area contributed by atoms with E-state index in [4.69, 9.17) is 31.4 Å². The van der Waals surface area contributed by atoms with Crippen molar-refractivity contribution in [3.63, 3.8) is 0 Å². The minimum absolute atomic E-state index is 0.512. The zero-order chi connectivity index (χ0) is 41.5. The Balaban J connectivity index is 0.768. The van der Waals surface area contributed by atoms with Gasteiger partial charge in [0.15, 0.2) is 0 Å². The number of hydrogen-bond donors (Lipinski definition) is 3. The van der Waals surface area contributed by atoms with Gasteiger partial charge in [0.25, 0.3) is 0 Å². The van der Waals surface area contributed by atoms with Crippen LogP contribution in [0.1, 0.15) is 97.3 Å². The van der Waals surface area contributed by atoms with Crippen molar-refractivity contribution < 1.29 is 14.2 Å². The van der Waals surface area contributed by atoms with Gasteiger partial charge in [-0.3, -0.25) is 0 Å². The second-order valence-corrected chi connectivity index (χ2v) is 19.9. The van der Waals surface area contributed by atoms with Crippen molar-refractivity contribution in [3.05, 3.63) is 162 Å². The summed E-state index contributed by atoms with van der Waals surface area (Å²) in [6.45, 7) is 0. The van der Waals surface area contributed by atoms with E-state index in [1.807, 2.05) is 72.8 Å². The van der Waals surface area contributed by atoms with Crippen LogP contribution in [-0.2, 0) is 0 Å². The summed E-state index contributed by atoms with van der Waals surface area (Å²) in [6.07, 6.45) is 10.4. The minimum atomic E-state index is 0.512. The zero-order valence-electron chi connectivity index (χ0n) is 35.3. The van der Waals surface area contributed by atoms with Crippen LogP contribution in [0.15, 0.2) is 140 Å². The van der Waals surface area contributed by atoms with Crippen LogP contribution in [0.4, 0.5) is 17.1 Å². The van der Waals surface area contributed by atoms with E-state index in [9.17, 15) is 0 Å². The van der Waals surface area contributed by atoms with Gasteiger partial charge in [0.1, 0.15) is 34.5 Å². The highest BCUT2D eigenvalue weighted by Crippen LogP contribution is 2.68. The molecule has 6 N–H and O–H groups in total. The first kappa shape index (κ1) is 37.8. The fourth-order valence-electron chi connectivity index (χ4n) is 14.3. The Labute approximate surface area is 365 Å². The summed E-state index contributed by atoms with van der Waals surface area (Å²) in [5, 5.41) is 0. The fraction of sp³-hybridized carbons (Fsp3) is 0.357. The van der Waals surface area contributed by atoms with Gasteiger partial charge in [-0.15, -0.1) is 0 Å². The molecule has 6 aromatic rings. The first-order chi connectivity index (χ1) is 30.4. The van der Waals surface area contributed by atoms with E-state index in [-0.39, 0.29) is 0 Å². The summed E-state index contributed by atoms with van der Waals surface area (Å²) in [6, 6.07) is 48.5. The predicted molar refractivity (Wildman–Crippen MR) is 248 cm³/mol. The number of ether oxygens (including phenoxy) is 3. The van der Waals surface area contributed by atoms with Crippen molar-refractivity contribution in [1.29, 1.82) is 0 Å². The molecule has 6 aliphatic rings. The summed E-state index contributed by atoms with van der Waals surface area (Å²) in [4.78, 5) is 0. The second kappa shape index (κ2) is 15.2. The molecule has 4 bridgehead atoms. The normalized spacial score (nSPS) is 31.2. The molecule has 0 aliphatic heterocycles. The van der Waals surface area contributed by atoms with E-state index in [1.54, 1.807) is 0 Å². The lowest BCUT2D eigenvalue weighted by Crippen LogP contribution is -2.23. The van der Waals surface area contributed by atoms with Gasteiger partial charge in [-0.25, -0.2) is 0 Å². The molecule has 0 heterocycles. The molecule has 0 spiro atoms. The Bertz CT molecular complexity index is 2570. The summed E-state index contributed by atoms with van der Waals surface area (Å²) in [5.74, 6) is 13.8. The Morgan fingerprint density at radius 1 is 0.339 bits per heavy atom. The first-order valence-electron chi connectivity index (χ1n) is 23.3. The number of para-hydroxylation sites is 1. The topological polar surface area (TPSA) is 106 Å². The monoisotopic (exact) mass is 819 g/mol. The largest absolute Gasteiger partial charge is 0.457 e. The maximum Gasteiger partial charge on any atom is 0.131 e. The van der Waals surface area contributed by atoms with Gasteiger partial charge in [-0.1, -0.05) is 42.5 Å². The SMILES string of the molecule is Nc1ccc(Oc2ccc(C3CC4CC3C3CC(c5ccc(C6CC7CC6C6CC(c8ccccc8Oc8ccc(N)cc8)CC76)cc5Oc5ccc(N)cc5)CC43)cc2)cc1. The molecule has 0 amide bonds. The van der Waals surface area contributed by atoms with Gasteiger partial charge in [0.05, 0.1) is 0 Å². The number of benzene rings is 6. The highest BCUT2D eigenvalue weighted by molar-refractivity contribution is 5.49. The molecular weight excluding hydrogens is 763 g/mol. The van der Waals surface area contributed by atoms with Crippen molar-refractivity contribution in [2.24, 2.45) is 47.3 Å². The second-order valence-electron chi connectivity index (χ2n) is 19.9. The molecule has 314 valence electrons. The maximum atomic E-state index is 6.93. The third-order valence-electron chi connectivity index (χ3n) is 16.8. The van der Waals surface area contributed by atoms with Crippen LogP contribution >= 0.6 is 0 Å². The lowest BCUT2D eigenvalue weighted by molar-refractivity contribution is 0.232. The Morgan fingerprint density at radius 3 is 1.31 bits per heavy atom. The van der Waals surface area contributed by atoms with Crippen LogP contribution in [0.2, 0.25) is 0 Å². The van der Waals surface area contributed by atoms with Crippen LogP contribution in [-0.4, -0.2) is 0 Å². The van der Waals surface area contributed by atoms with E-state index in [2.05, 4.69) is 66.7 Å². The molecule has 12 atom stereocenters. The third kappa shape index (κ3) is 6.78. The number of hydrogen-bond acceptors (Lipinski definition) is 6. The Kier molecular flexibility index (Phi) is 9.27. The van der Waals surface area contributed by atoms with Crippen molar-refractivity contribution in [2.45, 2.75) is 75.0 Å². The average molecular weight is 820 g/mol. The molecule has 6 saturated carbocycles.